The lowest BCUT2D eigenvalue weighted by atomic mass is 9.95. The van der Waals surface area contributed by atoms with E-state index in [0.717, 1.165) is 11.1 Å². The minimum atomic E-state index is -0.819. The average molecular weight is 449 g/mol. The highest BCUT2D eigenvalue weighted by atomic mass is 35.5. The lowest BCUT2D eigenvalue weighted by Crippen LogP contribution is -2.30. The number of ether oxygens (including phenoxy) is 1. The number of carbonyl (C=O) groups is 2. The molecule has 0 bridgehead atoms. The summed E-state index contributed by atoms with van der Waals surface area (Å²) < 4.78 is 5.29. The first-order valence-corrected chi connectivity index (χ1v) is 10.3. The maximum absolute atomic E-state index is 13.2. The van der Waals surface area contributed by atoms with Crippen LogP contribution in [0, 0.1) is 13.8 Å². The number of aliphatic hydroxyl groups excluding tert-OH is 1. The van der Waals surface area contributed by atoms with E-state index in [1.54, 1.807) is 68.0 Å². The third kappa shape index (κ3) is 3.63. The summed E-state index contributed by atoms with van der Waals surface area (Å²) in [5.41, 5.74) is 3.16. The van der Waals surface area contributed by atoms with E-state index in [-0.39, 0.29) is 11.3 Å². The van der Waals surface area contributed by atoms with Gasteiger partial charge in [0, 0.05) is 28.7 Å². The van der Waals surface area contributed by atoms with E-state index >= 15 is 0 Å². The van der Waals surface area contributed by atoms with Gasteiger partial charge in [0.15, 0.2) is 0 Å². The fourth-order valence-electron chi connectivity index (χ4n) is 4.01. The van der Waals surface area contributed by atoms with Gasteiger partial charge in [-0.05, 0) is 79.1 Å². The minimum absolute atomic E-state index is 0.0140. The van der Waals surface area contributed by atoms with Crippen LogP contribution in [-0.2, 0) is 9.59 Å². The smallest absolute Gasteiger partial charge is 0.300 e. The molecular formula is C25H21ClN2O4. The second-order valence-electron chi connectivity index (χ2n) is 7.56. The number of aryl methyl sites for hydroxylation is 2. The highest BCUT2D eigenvalue weighted by Crippen LogP contribution is 2.43. The number of ketones is 1. The summed E-state index contributed by atoms with van der Waals surface area (Å²) in [6.45, 7) is 3.66. The summed E-state index contributed by atoms with van der Waals surface area (Å²) >= 11 is 6.10. The second-order valence-corrected chi connectivity index (χ2v) is 8.00. The number of benzene rings is 2. The van der Waals surface area contributed by atoms with Crippen molar-refractivity contribution in [2.75, 3.05) is 12.0 Å². The van der Waals surface area contributed by atoms with Crippen LogP contribution in [-0.4, -0.2) is 28.9 Å². The van der Waals surface area contributed by atoms with Crippen molar-refractivity contribution in [3.63, 3.8) is 0 Å². The van der Waals surface area contributed by atoms with Crippen LogP contribution in [0.2, 0.25) is 5.02 Å². The van der Waals surface area contributed by atoms with Gasteiger partial charge in [-0.15, -0.1) is 0 Å². The maximum Gasteiger partial charge on any atom is 0.300 e. The van der Waals surface area contributed by atoms with E-state index in [9.17, 15) is 14.7 Å². The number of halogens is 1. The molecule has 1 aliphatic rings. The van der Waals surface area contributed by atoms with Gasteiger partial charge in [0.2, 0.25) is 0 Å². The van der Waals surface area contributed by atoms with Crippen molar-refractivity contribution >= 4 is 34.7 Å². The highest BCUT2D eigenvalue weighted by molar-refractivity contribution is 6.51. The monoisotopic (exact) mass is 448 g/mol. The van der Waals surface area contributed by atoms with Gasteiger partial charge in [0.1, 0.15) is 11.5 Å². The van der Waals surface area contributed by atoms with Crippen LogP contribution >= 0.6 is 11.6 Å². The Bertz CT molecular complexity index is 1250. The van der Waals surface area contributed by atoms with Gasteiger partial charge in [0.05, 0.1) is 18.7 Å². The molecule has 0 saturated carbocycles. The zero-order valence-corrected chi connectivity index (χ0v) is 18.6. The molecule has 32 heavy (non-hydrogen) atoms. The third-order valence-corrected chi connectivity index (χ3v) is 5.79. The van der Waals surface area contributed by atoms with E-state index in [4.69, 9.17) is 16.3 Å². The summed E-state index contributed by atoms with van der Waals surface area (Å²) in [7, 11) is 1.56. The van der Waals surface area contributed by atoms with E-state index < -0.39 is 17.7 Å². The molecule has 1 aliphatic heterocycles. The summed E-state index contributed by atoms with van der Waals surface area (Å²) in [5, 5.41) is 11.7. The zero-order valence-electron chi connectivity index (χ0n) is 17.8. The molecule has 3 aromatic rings. The molecule has 1 atom stereocenters. The van der Waals surface area contributed by atoms with Gasteiger partial charge in [-0.1, -0.05) is 11.6 Å². The van der Waals surface area contributed by atoms with Gasteiger partial charge >= 0.3 is 0 Å². The van der Waals surface area contributed by atoms with Crippen molar-refractivity contribution in [1.29, 1.82) is 0 Å². The Morgan fingerprint density at radius 2 is 1.75 bits per heavy atom. The van der Waals surface area contributed by atoms with Crippen LogP contribution < -0.4 is 9.64 Å². The van der Waals surface area contributed by atoms with Gasteiger partial charge in [0.25, 0.3) is 11.7 Å². The number of hydrogen-bond donors (Lipinski definition) is 1. The van der Waals surface area contributed by atoms with Crippen LogP contribution in [0.5, 0.6) is 5.75 Å². The minimum Gasteiger partial charge on any atom is -0.507 e. The SMILES string of the molecule is COc1ccc(/C(O)=C2\C(=O)C(=O)N(c3ccc(Cl)cc3C)C2c2ccncc2)cc1C. The number of nitrogens with zero attached hydrogens (tertiary/aromatic N) is 2. The van der Waals surface area contributed by atoms with Crippen LogP contribution in [0.4, 0.5) is 5.69 Å². The Balaban J connectivity index is 1.95. The second kappa shape index (κ2) is 8.48. The topological polar surface area (TPSA) is 79.7 Å². The van der Waals surface area contributed by atoms with Crippen molar-refractivity contribution in [2.24, 2.45) is 0 Å². The molecule has 2 aromatic carbocycles. The predicted octanol–water partition coefficient (Wildman–Crippen LogP) is 4.99. The molecule has 1 aromatic heterocycles. The van der Waals surface area contributed by atoms with Crippen molar-refractivity contribution in [3.8, 4) is 5.75 Å². The van der Waals surface area contributed by atoms with E-state index in [2.05, 4.69) is 4.98 Å². The molecular weight excluding hydrogens is 428 g/mol. The molecule has 1 amide bonds. The molecule has 2 heterocycles. The maximum atomic E-state index is 13.2. The number of rotatable bonds is 4. The lowest BCUT2D eigenvalue weighted by molar-refractivity contribution is -0.132. The number of aromatic nitrogens is 1. The van der Waals surface area contributed by atoms with Crippen molar-refractivity contribution in [1.82, 2.24) is 4.98 Å². The predicted molar refractivity (Wildman–Crippen MR) is 123 cm³/mol. The number of Topliss-reactive ketones (excluding diaryl/α,β-unsaturated/α-hetero) is 1. The van der Waals surface area contributed by atoms with Crippen molar-refractivity contribution < 1.29 is 19.4 Å². The van der Waals surface area contributed by atoms with Gasteiger partial charge in [-0.25, -0.2) is 0 Å². The number of aliphatic hydroxyl groups is 1. The first-order valence-electron chi connectivity index (χ1n) is 9.95. The van der Waals surface area contributed by atoms with Crippen molar-refractivity contribution in [3.05, 3.63) is 93.8 Å². The Morgan fingerprint density at radius 1 is 1.03 bits per heavy atom. The molecule has 7 heteroatoms. The molecule has 0 radical (unpaired) electrons. The Kier molecular flexibility index (Phi) is 5.72. The Labute approximate surface area is 190 Å². The zero-order chi connectivity index (χ0) is 23.0. The average Bonchev–Trinajstić information content (AvgIpc) is 3.04. The summed E-state index contributed by atoms with van der Waals surface area (Å²) in [5.74, 6) is -1.06. The van der Waals surface area contributed by atoms with E-state index in [1.165, 1.54) is 4.90 Å². The number of pyridine rings is 1. The first kappa shape index (κ1) is 21.6. The fraction of sp³-hybridized carbons (Fsp3) is 0.160. The number of hydrogen-bond acceptors (Lipinski definition) is 5. The molecule has 1 unspecified atom stereocenters. The summed E-state index contributed by atoms with van der Waals surface area (Å²) in [4.78, 5) is 31.9. The fourth-order valence-corrected chi connectivity index (χ4v) is 4.24. The summed E-state index contributed by atoms with van der Waals surface area (Å²) in [6, 6.07) is 12.8. The molecule has 4 rings (SSSR count). The van der Waals surface area contributed by atoms with Crippen LogP contribution in [0.1, 0.15) is 28.3 Å². The molecule has 1 fully saturated rings. The summed E-state index contributed by atoms with van der Waals surface area (Å²) in [6.07, 6.45) is 3.17. The molecule has 1 N–H and O–H groups in total. The Hall–Kier alpha value is -3.64. The third-order valence-electron chi connectivity index (χ3n) is 5.55. The first-order chi connectivity index (χ1) is 15.3. The van der Waals surface area contributed by atoms with E-state index in [0.29, 0.717) is 27.6 Å². The van der Waals surface area contributed by atoms with Crippen LogP contribution in [0.25, 0.3) is 5.76 Å². The largest absolute Gasteiger partial charge is 0.507 e. The van der Waals surface area contributed by atoms with Gasteiger partial charge < -0.3 is 9.84 Å². The molecule has 0 aliphatic carbocycles. The molecule has 162 valence electrons. The standard InChI is InChI=1S/C25H21ClN2O4/c1-14-13-18(26)5-6-19(14)28-22(16-8-10-27-11-9-16)21(24(30)25(28)31)23(29)17-4-7-20(32-3)15(2)12-17/h4-13,22,29H,1-3H3/b23-21+. The van der Waals surface area contributed by atoms with E-state index in [1.807, 2.05) is 13.8 Å². The molecule has 1 saturated heterocycles. The molecule has 0 spiro atoms. The number of methoxy groups -OCH3 is 1. The van der Waals surface area contributed by atoms with Crippen LogP contribution in [0.15, 0.2) is 66.5 Å². The number of anilines is 1. The number of amides is 1. The number of carbonyl (C=O) groups excluding carboxylic acids is 2. The quantitative estimate of drug-likeness (QED) is 0.345. The lowest BCUT2D eigenvalue weighted by Gasteiger charge is -2.26. The van der Waals surface area contributed by atoms with Crippen molar-refractivity contribution in [2.45, 2.75) is 19.9 Å². The molecule has 6 nitrogen and oxygen atoms in total. The van der Waals surface area contributed by atoms with Gasteiger partial charge in [-0.2, -0.15) is 0 Å². The normalized spacial score (nSPS) is 17.6. The van der Waals surface area contributed by atoms with Gasteiger partial charge in [-0.3, -0.25) is 19.5 Å². The highest BCUT2D eigenvalue weighted by Gasteiger charge is 2.47. The van der Waals surface area contributed by atoms with Crippen LogP contribution in [0.3, 0.4) is 0 Å². The Morgan fingerprint density at radius 3 is 2.38 bits per heavy atom.